The molecule has 8 nitrogen and oxygen atoms in total. The van der Waals surface area contributed by atoms with Crippen molar-refractivity contribution in [1.82, 2.24) is 20.2 Å². The summed E-state index contributed by atoms with van der Waals surface area (Å²) >= 11 is 0. The number of likely N-dealkylation sites (tertiary alicyclic amines) is 1. The highest BCUT2D eigenvalue weighted by molar-refractivity contribution is 5.75. The summed E-state index contributed by atoms with van der Waals surface area (Å²) in [7, 11) is 0. The number of carbonyl (C=O) groups is 2. The molecule has 236 valence electrons. The maximum Gasteiger partial charge on any atom is 0.490 e. The number of carboxylic acid groups (broad SMARTS) is 1. The molecule has 0 aliphatic carbocycles. The predicted molar refractivity (Wildman–Crippen MR) is 144 cm³/mol. The van der Waals surface area contributed by atoms with Gasteiger partial charge in [-0.25, -0.2) is 22.4 Å². The second-order valence-electron chi connectivity index (χ2n) is 11.0. The van der Waals surface area contributed by atoms with Gasteiger partial charge in [-0.3, -0.25) is 19.7 Å². The fraction of sp³-hybridized carbons (Fsp3) is 0.379. The van der Waals surface area contributed by atoms with Gasteiger partial charge in [0, 0.05) is 57.5 Å². The Morgan fingerprint density at radius 2 is 1.66 bits per heavy atom. The van der Waals surface area contributed by atoms with E-state index in [0.29, 0.717) is 12.6 Å². The molecule has 44 heavy (non-hydrogen) atoms. The van der Waals surface area contributed by atoms with Crippen molar-refractivity contribution in [2.45, 2.75) is 38.5 Å². The normalized spacial score (nSPS) is 17.2. The van der Waals surface area contributed by atoms with Crippen molar-refractivity contribution in [2.24, 2.45) is 5.41 Å². The van der Waals surface area contributed by atoms with Crippen LogP contribution in [0.25, 0.3) is 0 Å². The number of amides is 1. The molecule has 0 unspecified atom stereocenters. The smallest absolute Gasteiger partial charge is 0.475 e. The molecular formula is C29H28F7N5O3. The van der Waals surface area contributed by atoms with Crippen LogP contribution in [-0.2, 0) is 21.7 Å². The number of pyridine rings is 2. The third kappa shape index (κ3) is 6.93. The molecule has 1 spiro atoms. The molecule has 2 aliphatic rings. The van der Waals surface area contributed by atoms with E-state index in [4.69, 9.17) is 9.90 Å². The number of rotatable bonds is 7. The summed E-state index contributed by atoms with van der Waals surface area (Å²) in [6, 6.07) is 7.67. The first-order valence-electron chi connectivity index (χ1n) is 13.2. The number of hydrogen-bond donors (Lipinski definition) is 2. The Labute approximate surface area is 247 Å². The molecule has 15 heteroatoms. The lowest BCUT2D eigenvalue weighted by Gasteiger charge is -2.61. The highest BCUT2D eigenvalue weighted by atomic mass is 19.4. The lowest BCUT2D eigenvalue weighted by Crippen LogP contribution is -2.72. The fourth-order valence-electron chi connectivity index (χ4n) is 5.48. The third-order valence-corrected chi connectivity index (χ3v) is 7.35. The zero-order valence-corrected chi connectivity index (χ0v) is 23.5. The monoisotopic (exact) mass is 627 g/mol. The van der Waals surface area contributed by atoms with Crippen molar-refractivity contribution in [3.05, 3.63) is 89.0 Å². The van der Waals surface area contributed by atoms with Crippen LogP contribution in [0.3, 0.4) is 0 Å². The molecule has 1 amide bonds. The van der Waals surface area contributed by atoms with Crippen LogP contribution < -0.4 is 10.2 Å². The summed E-state index contributed by atoms with van der Waals surface area (Å²) in [6.07, 6.45) is -3.04. The van der Waals surface area contributed by atoms with Crippen LogP contribution in [0, 0.1) is 24.0 Å². The van der Waals surface area contributed by atoms with Gasteiger partial charge in [0.25, 0.3) is 6.43 Å². The quantitative estimate of drug-likeness (QED) is 0.368. The Balaban J connectivity index is 0.000000566. The lowest BCUT2D eigenvalue weighted by molar-refractivity contribution is -0.192. The van der Waals surface area contributed by atoms with Crippen LogP contribution in [0.1, 0.15) is 29.3 Å². The number of aliphatic carboxylic acids is 1. The Hall–Kier alpha value is -4.27. The van der Waals surface area contributed by atoms with E-state index in [9.17, 15) is 35.5 Å². The van der Waals surface area contributed by atoms with Crippen molar-refractivity contribution in [2.75, 3.05) is 31.1 Å². The Morgan fingerprint density at radius 3 is 2.16 bits per heavy atom. The van der Waals surface area contributed by atoms with E-state index in [2.05, 4.69) is 31.2 Å². The maximum atomic E-state index is 14.5. The molecular weight excluding hydrogens is 599 g/mol. The topological polar surface area (TPSA) is 98.7 Å². The second-order valence-corrected chi connectivity index (χ2v) is 11.0. The molecule has 0 radical (unpaired) electrons. The average molecular weight is 628 g/mol. The predicted octanol–water partition coefficient (Wildman–Crippen LogP) is 4.66. The van der Waals surface area contributed by atoms with Gasteiger partial charge in [0.2, 0.25) is 5.91 Å². The van der Waals surface area contributed by atoms with Crippen molar-refractivity contribution in [3.63, 3.8) is 0 Å². The molecule has 2 fully saturated rings. The molecule has 3 aromatic rings. The van der Waals surface area contributed by atoms with Crippen molar-refractivity contribution in [1.29, 1.82) is 0 Å². The number of benzene rings is 1. The first-order chi connectivity index (χ1) is 20.5. The van der Waals surface area contributed by atoms with Gasteiger partial charge < -0.3 is 15.3 Å². The molecule has 1 atom stereocenters. The van der Waals surface area contributed by atoms with Crippen molar-refractivity contribution < 1.29 is 45.4 Å². The third-order valence-electron chi connectivity index (χ3n) is 7.35. The average Bonchev–Trinajstić information content (AvgIpc) is 2.89. The number of carboxylic acids is 1. The fourth-order valence-corrected chi connectivity index (χ4v) is 5.48. The second kappa shape index (κ2) is 12.4. The van der Waals surface area contributed by atoms with Crippen LogP contribution in [0.5, 0.6) is 0 Å². The minimum atomic E-state index is -5.08. The van der Waals surface area contributed by atoms with Crippen LogP contribution in [0.15, 0.2) is 55.0 Å². The van der Waals surface area contributed by atoms with E-state index < -0.39 is 41.7 Å². The minimum absolute atomic E-state index is 0.158. The zero-order chi connectivity index (χ0) is 32.4. The molecule has 4 heterocycles. The summed E-state index contributed by atoms with van der Waals surface area (Å²) in [5.41, 5.74) is 0.470. The molecule has 5 rings (SSSR count). The SMILES string of the molecule is CC(=O)N[C@@](c1ccc(F)c(F)c1)(c1ccc(CN2CC3(C2)CN(c2cncc(C)c2)C3)cn1)C(F)F.O=C(O)C(F)(F)F. The van der Waals surface area contributed by atoms with Crippen LogP contribution >= 0.6 is 0 Å². The number of anilines is 1. The van der Waals surface area contributed by atoms with E-state index in [1.54, 1.807) is 6.07 Å². The number of hydrogen-bond acceptors (Lipinski definition) is 6. The van der Waals surface area contributed by atoms with Crippen LogP contribution in [-0.4, -0.2) is 70.6 Å². The molecule has 2 aromatic heterocycles. The van der Waals surface area contributed by atoms with Crippen LogP contribution in [0.2, 0.25) is 0 Å². The van der Waals surface area contributed by atoms with E-state index in [-0.39, 0.29) is 16.7 Å². The summed E-state index contributed by atoms with van der Waals surface area (Å²) in [6.45, 7) is 7.49. The summed E-state index contributed by atoms with van der Waals surface area (Å²) < 4.78 is 88.2. The van der Waals surface area contributed by atoms with Gasteiger partial charge in [0.1, 0.15) is 0 Å². The lowest BCUT2D eigenvalue weighted by atomic mass is 9.72. The largest absolute Gasteiger partial charge is 0.490 e. The summed E-state index contributed by atoms with van der Waals surface area (Å²) in [4.78, 5) is 33.9. The number of halogens is 7. The highest BCUT2D eigenvalue weighted by Crippen LogP contribution is 2.42. The van der Waals surface area contributed by atoms with E-state index in [1.807, 2.05) is 19.3 Å². The number of alkyl halides is 5. The number of aryl methyl sites for hydroxylation is 1. The zero-order valence-electron chi connectivity index (χ0n) is 23.5. The summed E-state index contributed by atoms with van der Waals surface area (Å²) in [5, 5.41) is 9.37. The Morgan fingerprint density at radius 1 is 1.00 bits per heavy atom. The van der Waals surface area contributed by atoms with E-state index in [1.165, 1.54) is 12.3 Å². The number of aromatic nitrogens is 2. The molecule has 0 saturated carbocycles. The van der Waals surface area contributed by atoms with Gasteiger partial charge in [0.05, 0.1) is 17.6 Å². The first-order valence-corrected chi connectivity index (χ1v) is 13.2. The van der Waals surface area contributed by atoms with Gasteiger partial charge in [-0.15, -0.1) is 0 Å². The minimum Gasteiger partial charge on any atom is -0.475 e. The van der Waals surface area contributed by atoms with Gasteiger partial charge in [0.15, 0.2) is 17.2 Å². The van der Waals surface area contributed by atoms with Gasteiger partial charge in [-0.2, -0.15) is 13.2 Å². The van der Waals surface area contributed by atoms with E-state index in [0.717, 1.165) is 62.0 Å². The molecule has 2 saturated heterocycles. The molecule has 2 N–H and O–H groups in total. The highest BCUT2D eigenvalue weighted by Gasteiger charge is 2.51. The first kappa shape index (κ1) is 32.6. The number of nitrogens with zero attached hydrogens (tertiary/aromatic N) is 4. The van der Waals surface area contributed by atoms with Gasteiger partial charge >= 0.3 is 12.1 Å². The van der Waals surface area contributed by atoms with Crippen LogP contribution in [0.4, 0.5) is 36.4 Å². The van der Waals surface area contributed by atoms with Crippen molar-refractivity contribution in [3.8, 4) is 0 Å². The number of nitrogens with one attached hydrogen (secondary N) is 1. The summed E-state index contributed by atoms with van der Waals surface area (Å²) in [5.74, 6) is -5.97. The maximum absolute atomic E-state index is 14.5. The molecule has 1 aromatic carbocycles. The van der Waals surface area contributed by atoms with Gasteiger partial charge in [-0.05, 0) is 47.9 Å². The number of carbonyl (C=O) groups excluding carboxylic acids is 1. The Kier molecular flexibility index (Phi) is 9.18. The van der Waals surface area contributed by atoms with Gasteiger partial charge in [-0.1, -0.05) is 12.1 Å². The van der Waals surface area contributed by atoms with E-state index >= 15 is 0 Å². The molecule has 2 aliphatic heterocycles. The molecule has 0 bridgehead atoms. The Bertz CT molecular complexity index is 1510. The van der Waals surface area contributed by atoms with Crippen molar-refractivity contribution >= 4 is 17.6 Å². The standard InChI is InChI=1S/C27H27F4N5O.C2HF3O2/c1-17-7-21(11-32-9-17)36-15-26(16-36)13-35(14-26)12-19-3-6-24(33-10-19)27(25(30)31,34-18(2)37)20-4-5-22(28)23(29)8-20;3-2(4,5)1(6)7/h3-11,25H,12-16H2,1-2H3,(H,34,37);(H,6,7)/t27-;/m0./s1.